The summed E-state index contributed by atoms with van der Waals surface area (Å²) < 4.78 is 43.6. The number of halogens is 3. The van der Waals surface area contributed by atoms with Gasteiger partial charge in [-0.05, 0) is 42.8 Å². The number of amides is 3. The maximum atomic E-state index is 12.8. The van der Waals surface area contributed by atoms with Crippen molar-refractivity contribution < 1.29 is 27.5 Å². The summed E-state index contributed by atoms with van der Waals surface area (Å²) in [6.45, 7) is 0.551. The lowest BCUT2D eigenvalue weighted by molar-refractivity contribution is -0.137. The molecule has 0 saturated carbocycles. The lowest BCUT2D eigenvalue weighted by atomic mass is 10.2. The smallest absolute Gasteiger partial charge is 0.416 e. The summed E-state index contributed by atoms with van der Waals surface area (Å²) in [7, 11) is 1.48. The van der Waals surface area contributed by atoms with Gasteiger partial charge in [0.1, 0.15) is 5.75 Å². The molecular weight excluding hydrogens is 375 g/mol. The number of hydrogen-bond donors (Lipinski definition) is 2. The van der Waals surface area contributed by atoms with Crippen LogP contribution < -0.4 is 20.3 Å². The third kappa shape index (κ3) is 4.36. The molecule has 1 aliphatic rings. The number of nitrogens with zero attached hydrogens (tertiary/aromatic N) is 1. The summed E-state index contributed by atoms with van der Waals surface area (Å²) in [5.41, 5.74) is 0.0576. The van der Waals surface area contributed by atoms with Crippen LogP contribution in [0.4, 0.5) is 35.0 Å². The zero-order valence-electron chi connectivity index (χ0n) is 15.0. The lowest BCUT2D eigenvalue weighted by Gasteiger charge is -2.20. The number of anilines is 3. The molecule has 148 valence electrons. The molecule has 2 N–H and O–H groups in total. The third-order valence-electron chi connectivity index (χ3n) is 4.25. The SMILES string of the molecule is COc1ccc(NC(=O)Nc2cccc(C(F)(F)F)c2)cc1N1CCCC1=O. The highest BCUT2D eigenvalue weighted by molar-refractivity contribution is 6.01. The van der Waals surface area contributed by atoms with E-state index in [1.807, 2.05) is 0 Å². The predicted molar refractivity (Wildman–Crippen MR) is 98.7 cm³/mol. The molecule has 28 heavy (non-hydrogen) atoms. The van der Waals surface area contributed by atoms with E-state index in [0.717, 1.165) is 18.6 Å². The fourth-order valence-corrected chi connectivity index (χ4v) is 2.95. The van der Waals surface area contributed by atoms with Gasteiger partial charge in [0.05, 0.1) is 18.4 Å². The summed E-state index contributed by atoms with van der Waals surface area (Å²) >= 11 is 0. The zero-order valence-corrected chi connectivity index (χ0v) is 15.0. The molecule has 3 amide bonds. The molecule has 1 heterocycles. The Kier molecular flexibility index (Phi) is 5.43. The molecule has 0 unspecified atom stereocenters. The van der Waals surface area contributed by atoms with Gasteiger partial charge in [-0.15, -0.1) is 0 Å². The molecule has 9 heteroatoms. The fraction of sp³-hybridized carbons (Fsp3) is 0.263. The Bertz CT molecular complexity index is 899. The quantitative estimate of drug-likeness (QED) is 0.804. The molecule has 0 atom stereocenters. The van der Waals surface area contributed by atoms with Crippen molar-refractivity contribution in [2.75, 3.05) is 29.2 Å². The van der Waals surface area contributed by atoms with Crippen molar-refractivity contribution in [1.29, 1.82) is 0 Å². The van der Waals surface area contributed by atoms with Crippen molar-refractivity contribution in [3.63, 3.8) is 0 Å². The molecule has 0 spiro atoms. The first-order valence-corrected chi connectivity index (χ1v) is 8.51. The summed E-state index contributed by atoms with van der Waals surface area (Å²) in [5, 5.41) is 4.92. The number of carbonyl (C=O) groups is 2. The van der Waals surface area contributed by atoms with Gasteiger partial charge in [0.15, 0.2) is 0 Å². The average molecular weight is 393 g/mol. The largest absolute Gasteiger partial charge is 0.495 e. The van der Waals surface area contributed by atoms with E-state index in [-0.39, 0.29) is 11.6 Å². The minimum atomic E-state index is -4.50. The van der Waals surface area contributed by atoms with Gasteiger partial charge in [0, 0.05) is 24.3 Å². The Labute approximate surface area is 159 Å². The number of benzene rings is 2. The topological polar surface area (TPSA) is 70.7 Å². The van der Waals surface area contributed by atoms with E-state index >= 15 is 0 Å². The van der Waals surface area contributed by atoms with Crippen LogP contribution in [0, 0.1) is 0 Å². The molecule has 1 aliphatic heterocycles. The van der Waals surface area contributed by atoms with Crippen LogP contribution in [0.15, 0.2) is 42.5 Å². The summed E-state index contributed by atoms with van der Waals surface area (Å²) in [6, 6.07) is 8.42. The molecule has 1 saturated heterocycles. The lowest BCUT2D eigenvalue weighted by Crippen LogP contribution is -2.25. The van der Waals surface area contributed by atoms with Crippen LogP contribution >= 0.6 is 0 Å². The monoisotopic (exact) mass is 393 g/mol. The fourth-order valence-electron chi connectivity index (χ4n) is 2.95. The molecule has 0 aliphatic carbocycles. The van der Waals surface area contributed by atoms with Crippen molar-refractivity contribution >= 4 is 29.0 Å². The first-order chi connectivity index (χ1) is 13.3. The number of alkyl halides is 3. The van der Waals surface area contributed by atoms with Crippen LogP contribution in [0.2, 0.25) is 0 Å². The molecule has 0 bridgehead atoms. The van der Waals surface area contributed by atoms with E-state index in [1.165, 1.54) is 19.2 Å². The maximum Gasteiger partial charge on any atom is 0.416 e. The minimum Gasteiger partial charge on any atom is -0.495 e. The normalized spacial score (nSPS) is 14.1. The second-order valence-corrected chi connectivity index (χ2v) is 6.19. The number of methoxy groups -OCH3 is 1. The highest BCUT2D eigenvalue weighted by atomic mass is 19.4. The van der Waals surface area contributed by atoms with Crippen LogP contribution in [0.3, 0.4) is 0 Å². The predicted octanol–water partition coefficient (Wildman–Crippen LogP) is 4.48. The minimum absolute atomic E-state index is 0.00998. The van der Waals surface area contributed by atoms with Gasteiger partial charge >= 0.3 is 12.2 Å². The number of nitrogens with one attached hydrogen (secondary N) is 2. The van der Waals surface area contributed by atoms with E-state index in [4.69, 9.17) is 4.74 Å². The Hall–Kier alpha value is -3.23. The molecule has 2 aromatic carbocycles. The van der Waals surface area contributed by atoms with Crippen molar-refractivity contribution in [2.45, 2.75) is 19.0 Å². The van der Waals surface area contributed by atoms with E-state index in [2.05, 4.69) is 10.6 Å². The number of rotatable bonds is 4. The van der Waals surface area contributed by atoms with Gasteiger partial charge in [0.25, 0.3) is 0 Å². The van der Waals surface area contributed by atoms with Crippen LogP contribution in [-0.2, 0) is 11.0 Å². The molecule has 0 aromatic heterocycles. The van der Waals surface area contributed by atoms with Gasteiger partial charge in [-0.2, -0.15) is 13.2 Å². The number of urea groups is 1. The Morgan fingerprint density at radius 1 is 1.11 bits per heavy atom. The first kappa shape index (κ1) is 19.5. The molecule has 2 aromatic rings. The van der Waals surface area contributed by atoms with E-state index in [1.54, 1.807) is 23.1 Å². The third-order valence-corrected chi connectivity index (χ3v) is 4.25. The Morgan fingerprint density at radius 3 is 2.43 bits per heavy atom. The molecule has 6 nitrogen and oxygen atoms in total. The Morgan fingerprint density at radius 2 is 1.82 bits per heavy atom. The second-order valence-electron chi connectivity index (χ2n) is 6.19. The first-order valence-electron chi connectivity index (χ1n) is 8.51. The van der Waals surface area contributed by atoms with Gasteiger partial charge in [-0.1, -0.05) is 6.07 Å². The average Bonchev–Trinajstić information content (AvgIpc) is 3.07. The molecule has 0 radical (unpaired) electrons. The molecule has 3 rings (SSSR count). The van der Waals surface area contributed by atoms with Crippen molar-refractivity contribution in [1.82, 2.24) is 0 Å². The number of ether oxygens (including phenoxy) is 1. The van der Waals surface area contributed by atoms with E-state index in [0.29, 0.717) is 30.1 Å². The Balaban J connectivity index is 1.75. The standard InChI is InChI=1S/C19H18F3N3O3/c1-28-16-8-7-14(11-15(16)25-9-3-6-17(25)26)24-18(27)23-13-5-2-4-12(10-13)19(20,21)22/h2,4-5,7-8,10-11H,3,6,9H2,1H3,(H2,23,24,27). The van der Waals surface area contributed by atoms with Gasteiger partial charge in [0.2, 0.25) is 5.91 Å². The van der Waals surface area contributed by atoms with E-state index < -0.39 is 17.8 Å². The maximum absolute atomic E-state index is 12.8. The number of hydrogen-bond acceptors (Lipinski definition) is 3. The van der Waals surface area contributed by atoms with Crippen molar-refractivity contribution in [3.8, 4) is 5.75 Å². The highest BCUT2D eigenvalue weighted by Gasteiger charge is 2.30. The number of carbonyl (C=O) groups excluding carboxylic acids is 2. The summed E-state index contributed by atoms with van der Waals surface area (Å²) in [5.74, 6) is 0.447. The van der Waals surface area contributed by atoms with Crippen molar-refractivity contribution in [3.05, 3.63) is 48.0 Å². The van der Waals surface area contributed by atoms with Crippen LogP contribution in [0.1, 0.15) is 18.4 Å². The molecule has 1 fully saturated rings. The molecular formula is C19H18F3N3O3. The zero-order chi connectivity index (χ0) is 20.3. The van der Waals surface area contributed by atoms with Crippen LogP contribution in [0.5, 0.6) is 5.75 Å². The summed E-state index contributed by atoms with van der Waals surface area (Å²) in [4.78, 5) is 25.8. The van der Waals surface area contributed by atoms with Crippen LogP contribution in [0.25, 0.3) is 0 Å². The van der Waals surface area contributed by atoms with Gasteiger partial charge in [-0.3, -0.25) is 4.79 Å². The van der Waals surface area contributed by atoms with Gasteiger partial charge < -0.3 is 20.3 Å². The van der Waals surface area contributed by atoms with Gasteiger partial charge in [-0.25, -0.2) is 4.79 Å². The van der Waals surface area contributed by atoms with E-state index in [9.17, 15) is 22.8 Å². The van der Waals surface area contributed by atoms with Crippen molar-refractivity contribution in [2.24, 2.45) is 0 Å². The highest BCUT2D eigenvalue weighted by Crippen LogP contribution is 2.34. The second kappa shape index (κ2) is 7.79. The van der Waals surface area contributed by atoms with Crippen LogP contribution in [-0.4, -0.2) is 25.6 Å². The summed E-state index contributed by atoms with van der Waals surface area (Å²) in [6.07, 6.45) is -3.33.